The lowest BCUT2D eigenvalue weighted by Gasteiger charge is -2.23. The maximum absolute atomic E-state index is 13.2. The molecule has 0 aromatic rings. The second-order valence-corrected chi connectivity index (χ2v) is 16.1. The molecule has 0 atom stereocenters. The van der Waals surface area contributed by atoms with Gasteiger partial charge in [0.25, 0.3) is 0 Å². The van der Waals surface area contributed by atoms with Gasteiger partial charge in [0.05, 0.1) is 6.54 Å². The van der Waals surface area contributed by atoms with Crippen LogP contribution in [0, 0.1) is 0 Å². The van der Waals surface area contributed by atoms with E-state index in [4.69, 9.17) is 5.73 Å². The third-order valence-electron chi connectivity index (χ3n) is 11.0. The Morgan fingerprint density at radius 1 is 0.392 bits per heavy atom. The van der Waals surface area contributed by atoms with Crippen molar-refractivity contribution in [1.82, 2.24) is 10.2 Å². The highest BCUT2D eigenvalue weighted by Gasteiger charge is 2.14. The van der Waals surface area contributed by atoms with Gasteiger partial charge in [-0.1, -0.05) is 226 Å². The molecule has 0 unspecified atom stereocenters. The van der Waals surface area contributed by atoms with Crippen LogP contribution < -0.4 is 11.1 Å². The molecule has 0 heterocycles. The molecule has 5 heteroatoms. The summed E-state index contributed by atoms with van der Waals surface area (Å²) in [4.78, 5) is 27.6. The zero-order chi connectivity index (χ0) is 37.1. The molecule has 0 saturated carbocycles. The van der Waals surface area contributed by atoms with Gasteiger partial charge in [-0.2, -0.15) is 0 Å². The fourth-order valence-corrected chi connectivity index (χ4v) is 7.40. The SMILES string of the molecule is CCCCCCCCCCCCCCCCCCN(CCCCCCCCCCCCCCCCCC)C(=O)CNC(=O)CCCCCCCN. The van der Waals surface area contributed by atoms with Crippen LogP contribution in [0.2, 0.25) is 0 Å². The summed E-state index contributed by atoms with van der Waals surface area (Å²) in [5.74, 6) is 0.125. The number of nitrogens with two attached hydrogens (primary N) is 1. The van der Waals surface area contributed by atoms with Crippen molar-refractivity contribution in [2.24, 2.45) is 5.73 Å². The lowest BCUT2D eigenvalue weighted by molar-refractivity contribution is -0.133. The minimum absolute atomic E-state index is 0.0203. The summed E-state index contributed by atoms with van der Waals surface area (Å²) in [6.45, 7) is 7.17. The van der Waals surface area contributed by atoms with Crippen LogP contribution in [0.1, 0.15) is 258 Å². The number of unbranched alkanes of at least 4 members (excludes halogenated alkanes) is 34. The molecule has 0 radical (unpaired) electrons. The van der Waals surface area contributed by atoms with Gasteiger partial charge in [-0.05, 0) is 32.2 Å². The van der Waals surface area contributed by atoms with Gasteiger partial charge in [0.2, 0.25) is 11.8 Å². The third-order valence-corrected chi connectivity index (χ3v) is 11.0. The normalized spacial score (nSPS) is 11.4. The largest absolute Gasteiger partial charge is 0.347 e. The Labute approximate surface area is 320 Å². The minimum atomic E-state index is 0.0203. The number of carbonyl (C=O) groups excluding carboxylic acids is 2. The van der Waals surface area contributed by atoms with Gasteiger partial charge in [0.15, 0.2) is 0 Å². The highest BCUT2D eigenvalue weighted by atomic mass is 16.2. The molecule has 304 valence electrons. The highest BCUT2D eigenvalue weighted by Crippen LogP contribution is 2.16. The van der Waals surface area contributed by atoms with Crippen molar-refractivity contribution in [2.45, 2.75) is 258 Å². The van der Waals surface area contributed by atoms with Gasteiger partial charge in [-0.15, -0.1) is 0 Å². The number of rotatable bonds is 43. The topological polar surface area (TPSA) is 75.4 Å². The molecule has 5 nitrogen and oxygen atoms in total. The van der Waals surface area contributed by atoms with E-state index in [1.807, 2.05) is 0 Å². The van der Waals surface area contributed by atoms with Crippen molar-refractivity contribution >= 4 is 11.8 Å². The summed E-state index contributed by atoms with van der Waals surface area (Å²) >= 11 is 0. The van der Waals surface area contributed by atoms with Crippen LogP contribution >= 0.6 is 0 Å². The summed E-state index contributed by atoms with van der Waals surface area (Å²) in [7, 11) is 0. The van der Waals surface area contributed by atoms with Crippen LogP contribution in [0.3, 0.4) is 0 Å². The van der Waals surface area contributed by atoms with E-state index in [0.29, 0.717) is 6.42 Å². The molecule has 0 aliphatic carbocycles. The minimum Gasteiger partial charge on any atom is -0.347 e. The molecular formula is C46H93N3O2. The van der Waals surface area contributed by atoms with Gasteiger partial charge in [-0.3, -0.25) is 9.59 Å². The van der Waals surface area contributed by atoms with Crippen molar-refractivity contribution in [2.75, 3.05) is 26.2 Å². The Balaban J connectivity index is 4.12. The zero-order valence-corrected chi connectivity index (χ0v) is 35.0. The van der Waals surface area contributed by atoms with Crippen LogP contribution in [0.15, 0.2) is 0 Å². The van der Waals surface area contributed by atoms with Gasteiger partial charge in [0, 0.05) is 19.5 Å². The zero-order valence-electron chi connectivity index (χ0n) is 35.0. The molecule has 0 fully saturated rings. The molecule has 0 rings (SSSR count). The Hall–Kier alpha value is -1.10. The summed E-state index contributed by atoms with van der Waals surface area (Å²) in [5.41, 5.74) is 5.57. The molecule has 0 aliphatic heterocycles. The number of hydrogen-bond donors (Lipinski definition) is 2. The van der Waals surface area contributed by atoms with Gasteiger partial charge < -0.3 is 16.0 Å². The lowest BCUT2D eigenvalue weighted by atomic mass is 10.0. The van der Waals surface area contributed by atoms with E-state index < -0.39 is 0 Å². The number of nitrogens with zero attached hydrogens (tertiary/aromatic N) is 1. The van der Waals surface area contributed by atoms with E-state index in [2.05, 4.69) is 24.1 Å². The van der Waals surface area contributed by atoms with Gasteiger partial charge in [-0.25, -0.2) is 0 Å². The van der Waals surface area contributed by atoms with E-state index >= 15 is 0 Å². The molecule has 0 aromatic carbocycles. The molecule has 51 heavy (non-hydrogen) atoms. The first kappa shape index (κ1) is 49.9. The molecule has 0 aromatic heterocycles. The molecule has 2 amide bonds. The van der Waals surface area contributed by atoms with E-state index in [-0.39, 0.29) is 18.4 Å². The van der Waals surface area contributed by atoms with Crippen molar-refractivity contribution in [3.63, 3.8) is 0 Å². The smallest absolute Gasteiger partial charge is 0.241 e. The second-order valence-electron chi connectivity index (χ2n) is 16.1. The van der Waals surface area contributed by atoms with E-state index in [0.717, 1.165) is 64.6 Å². The average Bonchev–Trinajstić information content (AvgIpc) is 3.14. The van der Waals surface area contributed by atoms with Crippen molar-refractivity contribution < 1.29 is 9.59 Å². The lowest BCUT2D eigenvalue weighted by Crippen LogP contribution is -2.41. The van der Waals surface area contributed by atoms with Crippen molar-refractivity contribution in [3.8, 4) is 0 Å². The van der Waals surface area contributed by atoms with Crippen LogP contribution in [-0.4, -0.2) is 42.9 Å². The maximum atomic E-state index is 13.2. The standard InChI is InChI=1S/C46H93N3O2/c1-3-5-7-9-11-13-15-17-19-21-23-25-27-29-34-38-42-49(46(51)44-48-45(50)40-36-32-31-33-37-41-47)43-39-35-30-28-26-24-22-20-18-16-14-12-10-8-6-4-2/h3-44,47H2,1-2H3,(H,48,50). The number of amides is 2. The Morgan fingerprint density at radius 2 is 0.667 bits per heavy atom. The predicted molar refractivity (Wildman–Crippen MR) is 225 cm³/mol. The summed E-state index contributed by atoms with van der Waals surface area (Å²) in [6, 6.07) is 0. The average molecular weight is 720 g/mol. The molecule has 0 bridgehead atoms. The van der Waals surface area contributed by atoms with Crippen LogP contribution in [0.4, 0.5) is 0 Å². The molecule has 0 aliphatic rings. The predicted octanol–water partition coefficient (Wildman–Crippen LogP) is 13.8. The Bertz CT molecular complexity index is 664. The first-order valence-electron chi connectivity index (χ1n) is 23.4. The van der Waals surface area contributed by atoms with Crippen LogP contribution in [0.25, 0.3) is 0 Å². The Morgan fingerprint density at radius 3 is 0.980 bits per heavy atom. The van der Waals surface area contributed by atoms with Crippen LogP contribution in [-0.2, 0) is 9.59 Å². The number of nitrogens with one attached hydrogen (secondary N) is 1. The van der Waals surface area contributed by atoms with Crippen molar-refractivity contribution in [1.29, 1.82) is 0 Å². The maximum Gasteiger partial charge on any atom is 0.241 e. The number of carbonyl (C=O) groups is 2. The van der Waals surface area contributed by atoms with E-state index in [1.54, 1.807) is 0 Å². The third kappa shape index (κ3) is 39.9. The molecular weight excluding hydrogens is 627 g/mol. The molecule has 0 spiro atoms. The summed E-state index contributed by atoms with van der Waals surface area (Å²) < 4.78 is 0. The van der Waals surface area contributed by atoms with E-state index in [9.17, 15) is 9.59 Å². The molecule has 3 N–H and O–H groups in total. The quantitative estimate of drug-likeness (QED) is 0.0616. The van der Waals surface area contributed by atoms with Gasteiger partial charge in [0.1, 0.15) is 0 Å². The second kappa shape index (κ2) is 43.3. The van der Waals surface area contributed by atoms with E-state index in [1.165, 1.54) is 193 Å². The number of hydrogen-bond acceptors (Lipinski definition) is 3. The summed E-state index contributed by atoms with van der Waals surface area (Å²) in [6.07, 6.45) is 49.4. The molecule has 0 saturated heterocycles. The van der Waals surface area contributed by atoms with Gasteiger partial charge >= 0.3 is 0 Å². The van der Waals surface area contributed by atoms with Crippen molar-refractivity contribution in [3.05, 3.63) is 0 Å². The van der Waals surface area contributed by atoms with Crippen LogP contribution in [0.5, 0.6) is 0 Å². The monoisotopic (exact) mass is 720 g/mol. The first-order valence-corrected chi connectivity index (χ1v) is 23.4. The Kier molecular flexibility index (Phi) is 42.4. The fourth-order valence-electron chi connectivity index (χ4n) is 7.40. The first-order chi connectivity index (χ1) is 25.2. The fraction of sp³-hybridized carbons (Fsp3) is 0.957. The summed E-state index contributed by atoms with van der Waals surface area (Å²) in [5, 5.41) is 2.93. The highest BCUT2D eigenvalue weighted by molar-refractivity contribution is 5.84.